The number of rotatable bonds is 5. The minimum atomic E-state index is 0.420. The van der Waals surface area contributed by atoms with Crippen LogP contribution < -0.4 is 4.74 Å². The van der Waals surface area contributed by atoms with Crippen LogP contribution in [0, 0.1) is 23.2 Å². The topological polar surface area (TPSA) is 66.5 Å². The van der Waals surface area contributed by atoms with Crippen LogP contribution in [0.15, 0.2) is 36.7 Å². The van der Waals surface area contributed by atoms with E-state index in [-0.39, 0.29) is 0 Å². The fourth-order valence-electron chi connectivity index (χ4n) is 5.67. The Balaban J connectivity index is 1.57. The molecule has 1 saturated carbocycles. The highest BCUT2D eigenvalue weighted by molar-refractivity contribution is 5.72. The number of imidazole rings is 1. The third-order valence-electron chi connectivity index (χ3n) is 7.69. The fourth-order valence-corrected chi connectivity index (χ4v) is 5.67. The third-order valence-corrected chi connectivity index (χ3v) is 7.69. The number of nitrogens with zero attached hydrogens (tertiary/aromatic N) is 5. The molecule has 6 heteroatoms. The van der Waals surface area contributed by atoms with E-state index in [1.165, 1.54) is 31.2 Å². The van der Waals surface area contributed by atoms with Gasteiger partial charge in [0, 0.05) is 36.0 Å². The lowest BCUT2D eigenvalue weighted by molar-refractivity contribution is 0.229. The molecular weight excluding hydrogens is 422 g/mol. The smallest absolute Gasteiger partial charge is 0.302 e. The third kappa shape index (κ3) is 4.81. The lowest BCUT2D eigenvalue weighted by Crippen LogP contribution is -2.19. The van der Waals surface area contributed by atoms with Crippen LogP contribution >= 0.6 is 0 Å². The SMILES string of the molecule is CC1CCCCC(c2c(-c3ccc(C#N)cc3)nc(OCC3CCN(C)C3)n3ccnc23)CC1. The molecule has 1 aliphatic heterocycles. The summed E-state index contributed by atoms with van der Waals surface area (Å²) in [6.07, 6.45) is 12.4. The van der Waals surface area contributed by atoms with Crippen molar-refractivity contribution in [2.75, 3.05) is 26.7 Å². The average Bonchev–Trinajstić information content (AvgIpc) is 3.50. The molecule has 3 heterocycles. The minimum absolute atomic E-state index is 0.420. The van der Waals surface area contributed by atoms with Crippen LogP contribution in [0.1, 0.15) is 68.9 Å². The van der Waals surface area contributed by atoms with Crippen molar-refractivity contribution in [3.63, 3.8) is 0 Å². The first kappa shape index (κ1) is 22.9. The molecule has 5 rings (SSSR count). The van der Waals surface area contributed by atoms with E-state index in [2.05, 4.69) is 24.9 Å². The summed E-state index contributed by atoms with van der Waals surface area (Å²) in [6, 6.07) is 10.6. The summed E-state index contributed by atoms with van der Waals surface area (Å²) in [5.41, 5.74) is 4.84. The van der Waals surface area contributed by atoms with Gasteiger partial charge in [-0.05, 0) is 56.8 Å². The van der Waals surface area contributed by atoms with E-state index in [9.17, 15) is 5.26 Å². The van der Waals surface area contributed by atoms with E-state index >= 15 is 0 Å². The van der Waals surface area contributed by atoms with Crippen LogP contribution in [0.4, 0.5) is 0 Å². The van der Waals surface area contributed by atoms with Crippen molar-refractivity contribution >= 4 is 5.65 Å². The summed E-state index contributed by atoms with van der Waals surface area (Å²) in [5.74, 6) is 1.70. The first-order chi connectivity index (χ1) is 16.6. The second-order valence-corrected chi connectivity index (χ2v) is 10.4. The van der Waals surface area contributed by atoms with Crippen LogP contribution in [0.5, 0.6) is 6.01 Å². The van der Waals surface area contributed by atoms with Crippen LogP contribution in [-0.4, -0.2) is 46.0 Å². The van der Waals surface area contributed by atoms with E-state index < -0.39 is 0 Å². The summed E-state index contributed by atoms with van der Waals surface area (Å²) in [4.78, 5) is 12.3. The maximum absolute atomic E-state index is 9.29. The zero-order valence-corrected chi connectivity index (χ0v) is 20.4. The van der Waals surface area contributed by atoms with Gasteiger partial charge in [-0.1, -0.05) is 44.7 Å². The van der Waals surface area contributed by atoms with Crippen LogP contribution in [0.25, 0.3) is 16.9 Å². The predicted molar refractivity (Wildman–Crippen MR) is 134 cm³/mol. The zero-order valence-electron chi connectivity index (χ0n) is 20.4. The molecule has 178 valence electrons. The average molecular weight is 458 g/mol. The number of fused-ring (bicyclic) bond motifs is 1. The van der Waals surface area contributed by atoms with Crippen LogP contribution in [-0.2, 0) is 0 Å². The summed E-state index contributed by atoms with van der Waals surface area (Å²) < 4.78 is 8.40. The molecule has 0 N–H and O–H groups in total. The number of aromatic nitrogens is 3. The largest absolute Gasteiger partial charge is 0.464 e. The van der Waals surface area contributed by atoms with Gasteiger partial charge in [-0.15, -0.1) is 0 Å². The summed E-state index contributed by atoms with van der Waals surface area (Å²) in [6.45, 7) is 5.23. The first-order valence-electron chi connectivity index (χ1n) is 12.8. The molecule has 1 aromatic carbocycles. The molecule has 2 aliphatic rings. The van der Waals surface area contributed by atoms with Gasteiger partial charge in [0.15, 0.2) is 0 Å². The van der Waals surface area contributed by atoms with Gasteiger partial charge in [-0.25, -0.2) is 4.98 Å². The quantitative estimate of drug-likeness (QED) is 0.494. The number of likely N-dealkylation sites (tertiary alicyclic amines) is 1. The standard InChI is InChI=1S/C28H35N5O/c1-20-5-3-4-6-23(10-7-20)25-26(24-11-8-21(17-29)9-12-24)31-28(33-16-14-30-27(25)33)34-19-22-13-15-32(2)18-22/h8-9,11-12,14,16,20,22-23H,3-7,10,13,15,18-19H2,1-2H3. The molecule has 1 aliphatic carbocycles. The monoisotopic (exact) mass is 457 g/mol. The minimum Gasteiger partial charge on any atom is -0.464 e. The highest BCUT2D eigenvalue weighted by atomic mass is 16.5. The van der Waals surface area contributed by atoms with Gasteiger partial charge in [-0.3, -0.25) is 4.40 Å². The first-order valence-corrected chi connectivity index (χ1v) is 12.8. The maximum atomic E-state index is 9.29. The Morgan fingerprint density at radius 2 is 1.91 bits per heavy atom. The predicted octanol–water partition coefficient (Wildman–Crippen LogP) is 5.67. The molecule has 0 bridgehead atoms. The second kappa shape index (κ2) is 10.1. The number of hydrogen-bond acceptors (Lipinski definition) is 5. The molecule has 0 radical (unpaired) electrons. The van der Waals surface area contributed by atoms with Gasteiger partial charge in [0.05, 0.1) is 23.9 Å². The highest BCUT2D eigenvalue weighted by Gasteiger charge is 2.27. The van der Waals surface area contributed by atoms with Crippen molar-refractivity contribution in [1.29, 1.82) is 5.26 Å². The van der Waals surface area contributed by atoms with Crippen molar-refractivity contribution in [3.05, 3.63) is 47.8 Å². The van der Waals surface area contributed by atoms with Gasteiger partial charge < -0.3 is 9.64 Å². The molecule has 3 aromatic rings. The molecule has 0 amide bonds. The van der Waals surface area contributed by atoms with E-state index in [0.717, 1.165) is 55.2 Å². The van der Waals surface area contributed by atoms with Gasteiger partial charge in [0.25, 0.3) is 0 Å². The van der Waals surface area contributed by atoms with E-state index in [1.807, 2.05) is 41.1 Å². The lowest BCUT2D eigenvalue weighted by Gasteiger charge is -2.26. The normalized spacial score (nSPS) is 24.0. The Hall–Kier alpha value is -2.91. The van der Waals surface area contributed by atoms with Crippen LogP contribution in [0.2, 0.25) is 0 Å². The summed E-state index contributed by atoms with van der Waals surface area (Å²) >= 11 is 0. The van der Waals surface area contributed by atoms with E-state index in [4.69, 9.17) is 14.7 Å². The van der Waals surface area contributed by atoms with Gasteiger partial charge in [0.1, 0.15) is 5.65 Å². The Kier molecular flexibility index (Phi) is 6.82. The molecular formula is C28H35N5O. The molecule has 2 fully saturated rings. The van der Waals surface area contributed by atoms with E-state index in [0.29, 0.717) is 30.0 Å². The van der Waals surface area contributed by atoms with Crippen molar-refractivity contribution < 1.29 is 4.74 Å². The maximum Gasteiger partial charge on any atom is 0.302 e. The number of benzene rings is 1. The summed E-state index contributed by atoms with van der Waals surface area (Å²) in [5, 5.41) is 9.29. The van der Waals surface area contributed by atoms with Gasteiger partial charge in [-0.2, -0.15) is 10.2 Å². The van der Waals surface area contributed by atoms with Crippen molar-refractivity contribution in [1.82, 2.24) is 19.3 Å². The molecule has 1 saturated heterocycles. The molecule has 6 nitrogen and oxygen atoms in total. The Labute approximate surface area is 202 Å². The van der Waals surface area contributed by atoms with E-state index in [1.54, 1.807) is 0 Å². The van der Waals surface area contributed by atoms with Gasteiger partial charge in [0.2, 0.25) is 0 Å². The number of ether oxygens (including phenoxy) is 1. The molecule has 0 spiro atoms. The second-order valence-electron chi connectivity index (χ2n) is 10.4. The lowest BCUT2D eigenvalue weighted by atomic mass is 9.81. The zero-order chi connectivity index (χ0) is 23.5. The Morgan fingerprint density at radius 3 is 2.68 bits per heavy atom. The molecule has 34 heavy (non-hydrogen) atoms. The fraction of sp³-hybridized carbons (Fsp3) is 0.536. The van der Waals surface area contributed by atoms with Crippen molar-refractivity contribution in [2.24, 2.45) is 11.8 Å². The molecule has 3 atom stereocenters. The number of nitriles is 1. The Morgan fingerprint density at radius 1 is 1.09 bits per heavy atom. The number of hydrogen-bond donors (Lipinski definition) is 0. The molecule has 3 unspecified atom stereocenters. The van der Waals surface area contributed by atoms with Crippen molar-refractivity contribution in [3.8, 4) is 23.3 Å². The molecule has 2 aromatic heterocycles. The van der Waals surface area contributed by atoms with Crippen LogP contribution in [0.3, 0.4) is 0 Å². The van der Waals surface area contributed by atoms with Gasteiger partial charge >= 0.3 is 6.01 Å². The van der Waals surface area contributed by atoms with Crippen molar-refractivity contribution in [2.45, 2.75) is 57.8 Å². The highest BCUT2D eigenvalue weighted by Crippen LogP contribution is 2.40. The summed E-state index contributed by atoms with van der Waals surface area (Å²) in [7, 11) is 2.17. The Bertz CT molecular complexity index is 1160.